The zero-order chi connectivity index (χ0) is 13.1. The van der Waals surface area contributed by atoms with Gasteiger partial charge >= 0.3 is 0 Å². The van der Waals surface area contributed by atoms with Gasteiger partial charge in [0.15, 0.2) is 0 Å². The molecule has 0 aliphatic heterocycles. The first-order valence-electron chi connectivity index (χ1n) is 7.33. The van der Waals surface area contributed by atoms with Crippen LogP contribution in [0.3, 0.4) is 0 Å². The molecule has 0 aromatic carbocycles. The largest absolute Gasteiger partial charge is 0.0776 e. The molecule has 0 N–H and O–H groups in total. The quantitative estimate of drug-likeness (QED) is 0.482. The van der Waals surface area contributed by atoms with Crippen molar-refractivity contribution in [3.05, 3.63) is 0 Å². The van der Waals surface area contributed by atoms with Crippen molar-refractivity contribution in [2.75, 3.05) is 0 Å². The molecule has 0 radical (unpaired) electrons. The standard InChI is InChI=1S/2C8H18.CH4/c2*1-5-8(4)6-7(2)3;/h2*7-8H,5-6H2,1-4H3;1H4. The Balaban J connectivity index is -0.000000218. The van der Waals surface area contributed by atoms with Crippen LogP contribution in [0.1, 0.15) is 88.5 Å². The number of rotatable bonds is 6. The molecule has 0 aromatic heterocycles. The van der Waals surface area contributed by atoms with Crippen LogP contribution in [0.15, 0.2) is 0 Å². The van der Waals surface area contributed by atoms with Gasteiger partial charge in [-0.1, -0.05) is 75.7 Å². The second-order valence-corrected chi connectivity index (χ2v) is 6.29. The lowest BCUT2D eigenvalue weighted by molar-refractivity contribution is 0.429. The van der Waals surface area contributed by atoms with E-state index in [2.05, 4.69) is 55.4 Å². The summed E-state index contributed by atoms with van der Waals surface area (Å²) in [6.45, 7) is 18.3. The molecule has 0 saturated carbocycles. The molecule has 0 fully saturated rings. The molecule has 2 atom stereocenters. The molecule has 0 rings (SSSR count). The van der Waals surface area contributed by atoms with E-state index in [1.165, 1.54) is 25.7 Å². The molecule has 0 heteroatoms. The van der Waals surface area contributed by atoms with Crippen LogP contribution in [0.4, 0.5) is 0 Å². The summed E-state index contributed by atoms with van der Waals surface area (Å²) in [6, 6.07) is 0. The Morgan fingerprint density at radius 2 is 0.824 bits per heavy atom. The Bertz CT molecular complexity index is 108. The van der Waals surface area contributed by atoms with Crippen molar-refractivity contribution in [1.29, 1.82) is 0 Å². The third kappa shape index (κ3) is 21.8. The highest BCUT2D eigenvalue weighted by molar-refractivity contribution is 4.52. The highest BCUT2D eigenvalue weighted by atomic mass is 14.1. The van der Waals surface area contributed by atoms with Crippen LogP contribution in [-0.4, -0.2) is 0 Å². The van der Waals surface area contributed by atoms with Gasteiger partial charge in [0.2, 0.25) is 0 Å². The summed E-state index contributed by atoms with van der Waals surface area (Å²) in [5.74, 6) is 3.61. The van der Waals surface area contributed by atoms with Crippen LogP contribution in [-0.2, 0) is 0 Å². The fraction of sp³-hybridized carbons (Fsp3) is 1.00. The van der Waals surface area contributed by atoms with Gasteiger partial charge in [-0.15, -0.1) is 0 Å². The smallest absolute Gasteiger partial charge is 0.0443 e. The lowest BCUT2D eigenvalue weighted by Crippen LogP contribution is -1.97. The summed E-state index contributed by atoms with van der Waals surface area (Å²) < 4.78 is 0. The van der Waals surface area contributed by atoms with Crippen molar-refractivity contribution in [3.63, 3.8) is 0 Å². The molecule has 0 aliphatic carbocycles. The van der Waals surface area contributed by atoms with Crippen LogP contribution in [0.25, 0.3) is 0 Å². The maximum absolute atomic E-state index is 2.32. The summed E-state index contributed by atoms with van der Waals surface area (Å²) in [6.07, 6.45) is 5.43. The molecule has 0 spiro atoms. The van der Waals surface area contributed by atoms with Gasteiger partial charge in [0.05, 0.1) is 0 Å². The van der Waals surface area contributed by atoms with Gasteiger partial charge in [-0.25, -0.2) is 0 Å². The highest BCUT2D eigenvalue weighted by Crippen LogP contribution is 2.13. The van der Waals surface area contributed by atoms with E-state index in [1.54, 1.807) is 0 Å². The first kappa shape index (κ1) is 22.2. The Morgan fingerprint density at radius 3 is 0.882 bits per heavy atom. The molecular formula is C17H40. The van der Waals surface area contributed by atoms with Gasteiger partial charge in [-0.2, -0.15) is 0 Å². The van der Waals surface area contributed by atoms with Crippen LogP contribution < -0.4 is 0 Å². The number of hydrogen-bond donors (Lipinski definition) is 0. The average Bonchev–Trinajstić information content (AvgIpc) is 2.16. The summed E-state index contributed by atoms with van der Waals surface area (Å²) >= 11 is 0. The lowest BCUT2D eigenvalue weighted by Gasteiger charge is -2.09. The first-order valence-corrected chi connectivity index (χ1v) is 7.33. The average molecular weight is 245 g/mol. The van der Waals surface area contributed by atoms with Gasteiger partial charge in [0, 0.05) is 0 Å². The molecule has 0 nitrogen and oxygen atoms in total. The number of hydrogen-bond acceptors (Lipinski definition) is 0. The third-order valence-electron chi connectivity index (χ3n) is 3.14. The summed E-state index contributed by atoms with van der Waals surface area (Å²) in [4.78, 5) is 0. The maximum atomic E-state index is 2.32. The molecule has 0 aromatic rings. The van der Waals surface area contributed by atoms with E-state index in [9.17, 15) is 0 Å². The zero-order valence-electron chi connectivity index (χ0n) is 13.1. The molecule has 17 heavy (non-hydrogen) atoms. The van der Waals surface area contributed by atoms with Crippen molar-refractivity contribution in [1.82, 2.24) is 0 Å². The van der Waals surface area contributed by atoms with Crippen LogP contribution >= 0.6 is 0 Å². The molecule has 0 amide bonds. The second-order valence-electron chi connectivity index (χ2n) is 6.29. The van der Waals surface area contributed by atoms with Gasteiger partial charge < -0.3 is 0 Å². The summed E-state index contributed by atoms with van der Waals surface area (Å²) in [5.41, 5.74) is 0. The Labute approximate surface area is 113 Å². The van der Waals surface area contributed by atoms with Crippen LogP contribution in [0.5, 0.6) is 0 Å². The molecule has 0 saturated heterocycles. The normalized spacial score (nSPS) is 13.8. The molecule has 0 bridgehead atoms. The van der Waals surface area contributed by atoms with Crippen molar-refractivity contribution >= 4 is 0 Å². The fourth-order valence-electron chi connectivity index (χ4n) is 1.94. The SMILES string of the molecule is C.CCC(C)CC(C)C.CCC(C)CC(C)C. The van der Waals surface area contributed by atoms with Crippen molar-refractivity contribution in [2.24, 2.45) is 23.7 Å². The van der Waals surface area contributed by atoms with Gasteiger partial charge in [-0.05, 0) is 36.5 Å². The molecule has 0 aliphatic rings. The second kappa shape index (κ2) is 14.1. The van der Waals surface area contributed by atoms with Crippen molar-refractivity contribution in [2.45, 2.75) is 88.5 Å². The predicted octanol–water partition coefficient (Wildman–Crippen LogP) is 6.79. The molecule has 108 valence electrons. The molecular weight excluding hydrogens is 204 g/mol. The van der Waals surface area contributed by atoms with E-state index < -0.39 is 0 Å². The third-order valence-corrected chi connectivity index (χ3v) is 3.14. The van der Waals surface area contributed by atoms with E-state index >= 15 is 0 Å². The van der Waals surface area contributed by atoms with Gasteiger partial charge in [0.1, 0.15) is 0 Å². The Kier molecular flexibility index (Phi) is 18.4. The minimum atomic E-state index is 0. The highest BCUT2D eigenvalue weighted by Gasteiger charge is 2.00. The van der Waals surface area contributed by atoms with E-state index in [0.717, 1.165) is 23.7 Å². The van der Waals surface area contributed by atoms with Gasteiger partial charge in [0.25, 0.3) is 0 Å². The monoisotopic (exact) mass is 244 g/mol. The van der Waals surface area contributed by atoms with E-state index in [1.807, 2.05) is 0 Å². The van der Waals surface area contributed by atoms with Crippen LogP contribution in [0.2, 0.25) is 0 Å². The molecule has 0 heterocycles. The van der Waals surface area contributed by atoms with E-state index in [4.69, 9.17) is 0 Å². The maximum Gasteiger partial charge on any atom is -0.0443 e. The lowest BCUT2D eigenvalue weighted by atomic mass is 9.97. The van der Waals surface area contributed by atoms with E-state index in [0.29, 0.717) is 0 Å². The van der Waals surface area contributed by atoms with Crippen molar-refractivity contribution < 1.29 is 0 Å². The summed E-state index contributed by atoms with van der Waals surface area (Å²) in [7, 11) is 0. The van der Waals surface area contributed by atoms with Gasteiger partial charge in [-0.3, -0.25) is 0 Å². The van der Waals surface area contributed by atoms with Crippen LogP contribution in [0, 0.1) is 23.7 Å². The predicted molar refractivity (Wildman–Crippen MR) is 84.6 cm³/mol. The zero-order valence-corrected chi connectivity index (χ0v) is 13.1. The van der Waals surface area contributed by atoms with E-state index in [-0.39, 0.29) is 7.43 Å². The minimum Gasteiger partial charge on any atom is -0.0776 e. The Morgan fingerprint density at radius 1 is 0.588 bits per heavy atom. The first-order chi connectivity index (χ1) is 7.33. The molecule has 2 unspecified atom stereocenters. The summed E-state index contributed by atoms with van der Waals surface area (Å²) in [5, 5.41) is 0. The minimum absolute atomic E-state index is 0. The topological polar surface area (TPSA) is 0 Å². The Hall–Kier alpha value is 0. The van der Waals surface area contributed by atoms with Crippen molar-refractivity contribution in [3.8, 4) is 0 Å². The fourth-order valence-corrected chi connectivity index (χ4v) is 1.94.